The molecule has 0 saturated heterocycles. The van der Waals surface area contributed by atoms with Crippen LogP contribution < -0.4 is 5.32 Å². The third kappa shape index (κ3) is 2.50. The average molecular weight is 230 g/mol. The fraction of sp³-hybridized carbons (Fsp3) is 0.636. The molecule has 78 valence electrons. The Morgan fingerprint density at radius 1 is 1.57 bits per heavy atom. The molecule has 0 spiro atoms. The van der Waals surface area contributed by atoms with E-state index in [0.29, 0.717) is 0 Å². The fourth-order valence-electron chi connectivity index (χ4n) is 2.13. The molecular formula is C11H16ClNS. The summed E-state index contributed by atoms with van der Waals surface area (Å²) in [6, 6.07) is 2.77. The van der Waals surface area contributed by atoms with Crippen LogP contribution in [0.25, 0.3) is 0 Å². The molecule has 1 saturated carbocycles. The summed E-state index contributed by atoms with van der Waals surface area (Å²) in [6.07, 6.45) is 4.09. The predicted octanol–water partition coefficient (Wildman–Crippen LogP) is 3.68. The van der Waals surface area contributed by atoms with Gasteiger partial charge in [-0.25, -0.2) is 0 Å². The SMILES string of the molecule is CC1CCCC1NCc1cc(Cl)cs1. The smallest absolute Gasteiger partial charge is 0.0516 e. The Bertz CT molecular complexity index is 297. The van der Waals surface area contributed by atoms with E-state index in [2.05, 4.69) is 18.3 Å². The van der Waals surface area contributed by atoms with Gasteiger partial charge in [0.05, 0.1) is 5.02 Å². The van der Waals surface area contributed by atoms with Crippen molar-refractivity contribution in [2.45, 2.75) is 38.8 Å². The van der Waals surface area contributed by atoms with Gasteiger partial charge >= 0.3 is 0 Å². The van der Waals surface area contributed by atoms with Crippen molar-refractivity contribution in [2.75, 3.05) is 0 Å². The minimum Gasteiger partial charge on any atom is -0.309 e. The Morgan fingerprint density at radius 3 is 3.00 bits per heavy atom. The third-order valence-electron chi connectivity index (χ3n) is 3.02. The minimum absolute atomic E-state index is 0.718. The van der Waals surface area contributed by atoms with Gasteiger partial charge in [0, 0.05) is 22.8 Å². The number of thiophene rings is 1. The van der Waals surface area contributed by atoms with Crippen molar-refractivity contribution in [2.24, 2.45) is 5.92 Å². The fourth-order valence-corrected chi connectivity index (χ4v) is 3.15. The van der Waals surface area contributed by atoms with Gasteiger partial charge in [-0.05, 0) is 24.8 Å². The molecule has 1 aromatic heterocycles. The molecule has 0 aliphatic heterocycles. The van der Waals surface area contributed by atoms with Crippen molar-refractivity contribution in [1.29, 1.82) is 0 Å². The van der Waals surface area contributed by atoms with Crippen LogP contribution in [0.15, 0.2) is 11.4 Å². The Morgan fingerprint density at radius 2 is 2.43 bits per heavy atom. The largest absolute Gasteiger partial charge is 0.309 e. The standard InChI is InChI=1S/C11H16ClNS/c1-8-3-2-4-11(8)13-6-10-5-9(12)7-14-10/h5,7-8,11,13H,2-4,6H2,1H3. The molecule has 14 heavy (non-hydrogen) atoms. The van der Waals surface area contributed by atoms with Gasteiger partial charge in [0.1, 0.15) is 0 Å². The highest BCUT2D eigenvalue weighted by molar-refractivity contribution is 7.10. The quantitative estimate of drug-likeness (QED) is 0.834. The number of nitrogens with one attached hydrogen (secondary N) is 1. The van der Waals surface area contributed by atoms with E-state index in [0.717, 1.165) is 23.5 Å². The molecule has 2 atom stereocenters. The second kappa shape index (κ2) is 4.65. The van der Waals surface area contributed by atoms with Gasteiger partial charge in [-0.3, -0.25) is 0 Å². The van der Waals surface area contributed by atoms with E-state index in [1.807, 2.05) is 5.38 Å². The Hall–Kier alpha value is -0.0500. The lowest BCUT2D eigenvalue weighted by Crippen LogP contribution is -2.30. The summed E-state index contributed by atoms with van der Waals surface area (Å²) in [7, 11) is 0. The van der Waals surface area contributed by atoms with Crippen LogP contribution in [0.3, 0.4) is 0 Å². The van der Waals surface area contributed by atoms with Crippen molar-refractivity contribution in [3.05, 3.63) is 21.3 Å². The molecule has 1 aliphatic rings. The van der Waals surface area contributed by atoms with Gasteiger partial charge in [-0.1, -0.05) is 24.9 Å². The molecule has 1 fully saturated rings. The zero-order valence-corrected chi connectivity index (χ0v) is 10.00. The molecule has 2 rings (SSSR count). The summed E-state index contributed by atoms with van der Waals surface area (Å²) in [5.74, 6) is 0.838. The highest BCUT2D eigenvalue weighted by Crippen LogP contribution is 2.26. The summed E-state index contributed by atoms with van der Waals surface area (Å²) in [4.78, 5) is 1.34. The Kier molecular flexibility index (Phi) is 3.47. The number of rotatable bonds is 3. The topological polar surface area (TPSA) is 12.0 Å². The van der Waals surface area contributed by atoms with Crippen LogP contribution in [0, 0.1) is 5.92 Å². The average Bonchev–Trinajstić information content (AvgIpc) is 2.72. The van der Waals surface area contributed by atoms with Crippen molar-refractivity contribution in [3.8, 4) is 0 Å². The zero-order chi connectivity index (χ0) is 9.97. The molecule has 0 aromatic carbocycles. The second-order valence-corrected chi connectivity index (χ2v) is 5.56. The summed E-state index contributed by atoms with van der Waals surface area (Å²) < 4.78 is 0. The van der Waals surface area contributed by atoms with E-state index < -0.39 is 0 Å². The first kappa shape index (κ1) is 10.5. The normalized spacial score (nSPS) is 27.0. The number of hydrogen-bond donors (Lipinski definition) is 1. The van der Waals surface area contributed by atoms with Crippen LogP contribution in [0.2, 0.25) is 5.02 Å². The minimum atomic E-state index is 0.718. The van der Waals surface area contributed by atoms with Gasteiger partial charge in [0.25, 0.3) is 0 Å². The first-order valence-electron chi connectivity index (χ1n) is 5.22. The van der Waals surface area contributed by atoms with E-state index >= 15 is 0 Å². The number of hydrogen-bond acceptors (Lipinski definition) is 2. The van der Waals surface area contributed by atoms with Crippen LogP contribution in [0.4, 0.5) is 0 Å². The molecule has 1 aliphatic carbocycles. The van der Waals surface area contributed by atoms with E-state index in [9.17, 15) is 0 Å². The van der Waals surface area contributed by atoms with Crippen molar-refractivity contribution in [1.82, 2.24) is 5.32 Å². The van der Waals surface area contributed by atoms with E-state index in [1.165, 1.54) is 24.1 Å². The van der Waals surface area contributed by atoms with Gasteiger partial charge in [-0.15, -0.1) is 11.3 Å². The molecule has 1 nitrogen and oxygen atoms in total. The van der Waals surface area contributed by atoms with Crippen LogP contribution in [-0.2, 0) is 6.54 Å². The molecule has 2 unspecified atom stereocenters. The molecule has 0 bridgehead atoms. The summed E-state index contributed by atoms with van der Waals surface area (Å²) in [6.45, 7) is 3.32. The molecule has 1 aromatic rings. The van der Waals surface area contributed by atoms with Crippen molar-refractivity contribution >= 4 is 22.9 Å². The molecule has 1 N–H and O–H groups in total. The monoisotopic (exact) mass is 229 g/mol. The van der Waals surface area contributed by atoms with Crippen molar-refractivity contribution < 1.29 is 0 Å². The van der Waals surface area contributed by atoms with Gasteiger partial charge < -0.3 is 5.32 Å². The predicted molar refractivity (Wildman–Crippen MR) is 63.0 cm³/mol. The van der Waals surface area contributed by atoms with Crippen LogP contribution >= 0.6 is 22.9 Å². The first-order valence-corrected chi connectivity index (χ1v) is 6.48. The van der Waals surface area contributed by atoms with Gasteiger partial charge in [-0.2, -0.15) is 0 Å². The van der Waals surface area contributed by atoms with Crippen LogP contribution in [0.5, 0.6) is 0 Å². The van der Waals surface area contributed by atoms with Gasteiger partial charge in [0.2, 0.25) is 0 Å². The highest BCUT2D eigenvalue weighted by atomic mass is 35.5. The van der Waals surface area contributed by atoms with Gasteiger partial charge in [0.15, 0.2) is 0 Å². The lowest BCUT2D eigenvalue weighted by Gasteiger charge is -2.16. The maximum atomic E-state index is 5.87. The molecule has 0 amide bonds. The van der Waals surface area contributed by atoms with Crippen molar-refractivity contribution in [3.63, 3.8) is 0 Å². The lowest BCUT2D eigenvalue weighted by molar-refractivity contribution is 0.427. The molecule has 1 heterocycles. The van der Waals surface area contributed by atoms with Crippen LogP contribution in [-0.4, -0.2) is 6.04 Å². The number of halogens is 1. The Balaban J connectivity index is 1.82. The summed E-state index contributed by atoms with van der Waals surface area (Å²) in [5, 5.41) is 6.48. The zero-order valence-electron chi connectivity index (χ0n) is 8.42. The second-order valence-electron chi connectivity index (χ2n) is 4.13. The Labute approximate surface area is 94.5 Å². The molecule has 0 radical (unpaired) electrons. The first-order chi connectivity index (χ1) is 6.75. The molecule has 3 heteroatoms. The third-order valence-corrected chi connectivity index (χ3v) is 4.31. The van der Waals surface area contributed by atoms with E-state index in [4.69, 9.17) is 11.6 Å². The summed E-state index contributed by atoms with van der Waals surface area (Å²) in [5.41, 5.74) is 0. The lowest BCUT2D eigenvalue weighted by atomic mass is 10.1. The summed E-state index contributed by atoms with van der Waals surface area (Å²) >= 11 is 7.61. The highest BCUT2D eigenvalue weighted by Gasteiger charge is 2.22. The molecular weight excluding hydrogens is 214 g/mol. The van der Waals surface area contributed by atoms with E-state index in [1.54, 1.807) is 11.3 Å². The van der Waals surface area contributed by atoms with E-state index in [-0.39, 0.29) is 0 Å². The van der Waals surface area contributed by atoms with Crippen LogP contribution in [0.1, 0.15) is 31.1 Å². The maximum Gasteiger partial charge on any atom is 0.0516 e. The maximum absolute atomic E-state index is 5.87.